The van der Waals surface area contributed by atoms with E-state index in [4.69, 9.17) is 19.4 Å². The monoisotopic (exact) mass is 397 g/mol. The minimum atomic E-state index is 0.601. The van der Waals surface area contributed by atoms with Gasteiger partial charge in [0.25, 0.3) is 0 Å². The highest BCUT2D eigenvalue weighted by atomic mass is 16.5. The lowest BCUT2D eigenvalue weighted by Gasteiger charge is -2.12. The van der Waals surface area contributed by atoms with Gasteiger partial charge in [-0.1, -0.05) is 6.07 Å². The fourth-order valence-electron chi connectivity index (χ4n) is 3.44. The Hall–Kier alpha value is -4.00. The average molecular weight is 397 g/mol. The Balaban J connectivity index is 1.61. The molecule has 0 bridgehead atoms. The van der Waals surface area contributed by atoms with Crippen LogP contribution in [-0.2, 0) is 11.2 Å². The van der Waals surface area contributed by atoms with Crippen molar-refractivity contribution in [1.29, 1.82) is 0 Å². The van der Waals surface area contributed by atoms with Crippen LogP contribution in [0.1, 0.15) is 5.56 Å². The standard InChI is InChI=1S/C23H19N5O2/c1-29-17-7-8-19-18(12-17)23(28-22(27-19)15-4-3-9-24-13-15)25-16-6-5-14-10-21(30-2)26-20(14)11-16/h3-9,11-13H,10H2,1-2H3,(H,25,27,28). The van der Waals surface area contributed by atoms with Gasteiger partial charge in [0.15, 0.2) is 11.7 Å². The van der Waals surface area contributed by atoms with E-state index in [9.17, 15) is 0 Å². The molecule has 2 aromatic carbocycles. The molecule has 0 saturated carbocycles. The molecule has 7 nitrogen and oxygen atoms in total. The van der Waals surface area contributed by atoms with E-state index < -0.39 is 0 Å². The third kappa shape index (κ3) is 3.30. The third-order valence-electron chi connectivity index (χ3n) is 4.99. The summed E-state index contributed by atoms with van der Waals surface area (Å²) in [5.74, 6) is 2.75. The van der Waals surface area contributed by atoms with Crippen molar-refractivity contribution in [3.8, 4) is 17.1 Å². The molecule has 148 valence electrons. The van der Waals surface area contributed by atoms with Crippen LogP contribution in [0.3, 0.4) is 0 Å². The molecule has 1 aliphatic heterocycles. The normalized spacial score (nSPS) is 12.4. The zero-order valence-corrected chi connectivity index (χ0v) is 16.6. The molecule has 0 fully saturated rings. The minimum absolute atomic E-state index is 0.601. The van der Waals surface area contributed by atoms with E-state index in [-0.39, 0.29) is 0 Å². The number of fused-ring (bicyclic) bond motifs is 2. The van der Waals surface area contributed by atoms with Crippen LogP contribution in [0.25, 0.3) is 22.3 Å². The Labute approximate surface area is 173 Å². The lowest BCUT2D eigenvalue weighted by molar-refractivity contribution is 0.396. The number of rotatable bonds is 4. The van der Waals surface area contributed by atoms with Crippen molar-refractivity contribution in [2.45, 2.75) is 6.42 Å². The molecular weight excluding hydrogens is 378 g/mol. The highest BCUT2D eigenvalue weighted by Gasteiger charge is 2.16. The molecule has 3 heterocycles. The van der Waals surface area contributed by atoms with E-state index in [2.05, 4.69) is 21.4 Å². The van der Waals surface area contributed by atoms with Crippen molar-refractivity contribution >= 4 is 34.0 Å². The second-order valence-corrected chi connectivity index (χ2v) is 6.88. The zero-order chi connectivity index (χ0) is 20.5. The zero-order valence-electron chi connectivity index (χ0n) is 16.6. The first kappa shape index (κ1) is 18.1. The Kier molecular flexibility index (Phi) is 4.48. The summed E-state index contributed by atoms with van der Waals surface area (Å²) in [6.07, 6.45) is 4.20. The number of hydrogen-bond acceptors (Lipinski definition) is 7. The maximum Gasteiger partial charge on any atom is 0.192 e. The van der Waals surface area contributed by atoms with Gasteiger partial charge in [-0.3, -0.25) is 4.98 Å². The summed E-state index contributed by atoms with van der Waals surface area (Å²) in [6, 6.07) is 15.6. The Bertz CT molecular complexity index is 1270. The van der Waals surface area contributed by atoms with Crippen LogP contribution in [0.4, 0.5) is 17.2 Å². The fraction of sp³-hybridized carbons (Fsp3) is 0.130. The quantitative estimate of drug-likeness (QED) is 0.539. The minimum Gasteiger partial charge on any atom is -0.497 e. The molecule has 0 spiro atoms. The van der Waals surface area contributed by atoms with Gasteiger partial charge in [-0.25, -0.2) is 15.0 Å². The fourth-order valence-corrected chi connectivity index (χ4v) is 3.44. The number of nitrogens with one attached hydrogen (secondary N) is 1. The molecular formula is C23H19N5O2. The number of nitrogens with zero attached hydrogens (tertiary/aromatic N) is 4. The molecule has 0 aliphatic carbocycles. The largest absolute Gasteiger partial charge is 0.497 e. The van der Waals surface area contributed by atoms with Gasteiger partial charge in [0.2, 0.25) is 0 Å². The van der Waals surface area contributed by atoms with Gasteiger partial charge in [0, 0.05) is 29.0 Å². The second kappa shape index (κ2) is 7.44. The van der Waals surface area contributed by atoms with Gasteiger partial charge < -0.3 is 14.8 Å². The smallest absolute Gasteiger partial charge is 0.192 e. The summed E-state index contributed by atoms with van der Waals surface area (Å²) in [5.41, 5.74) is 4.59. The molecule has 1 aliphatic rings. The van der Waals surface area contributed by atoms with Gasteiger partial charge in [0.1, 0.15) is 11.6 Å². The SMILES string of the molecule is COC1=Nc2cc(Nc3nc(-c4cccnc4)nc4ccc(OC)cc34)ccc2C1. The summed E-state index contributed by atoms with van der Waals surface area (Å²) in [5, 5.41) is 4.30. The number of aromatic nitrogens is 3. The number of aliphatic imine (C=N–C) groups is 1. The molecule has 7 heteroatoms. The Morgan fingerprint density at radius 1 is 0.967 bits per heavy atom. The molecule has 0 saturated heterocycles. The van der Waals surface area contributed by atoms with Crippen molar-refractivity contribution in [3.05, 3.63) is 66.5 Å². The van der Waals surface area contributed by atoms with E-state index in [1.807, 2.05) is 42.5 Å². The summed E-state index contributed by atoms with van der Waals surface area (Å²) >= 11 is 0. The molecule has 30 heavy (non-hydrogen) atoms. The van der Waals surface area contributed by atoms with Crippen LogP contribution in [0.5, 0.6) is 5.75 Å². The number of benzene rings is 2. The van der Waals surface area contributed by atoms with Crippen LogP contribution in [0.15, 0.2) is 65.9 Å². The molecule has 1 N–H and O–H groups in total. The van der Waals surface area contributed by atoms with Crippen LogP contribution in [0.2, 0.25) is 0 Å². The first-order valence-corrected chi connectivity index (χ1v) is 9.51. The van der Waals surface area contributed by atoms with Crippen molar-refractivity contribution in [2.75, 3.05) is 19.5 Å². The maximum absolute atomic E-state index is 5.40. The van der Waals surface area contributed by atoms with Crippen molar-refractivity contribution in [3.63, 3.8) is 0 Å². The summed E-state index contributed by atoms with van der Waals surface area (Å²) in [6.45, 7) is 0. The topological polar surface area (TPSA) is 81.5 Å². The number of ether oxygens (including phenoxy) is 2. The van der Waals surface area contributed by atoms with Gasteiger partial charge >= 0.3 is 0 Å². The van der Waals surface area contributed by atoms with Crippen LogP contribution in [0, 0.1) is 0 Å². The molecule has 0 radical (unpaired) electrons. The molecule has 2 aromatic heterocycles. The van der Waals surface area contributed by atoms with E-state index >= 15 is 0 Å². The van der Waals surface area contributed by atoms with E-state index in [0.29, 0.717) is 18.1 Å². The molecule has 5 rings (SSSR count). The highest BCUT2D eigenvalue weighted by molar-refractivity contribution is 5.94. The number of methoxy groups -OCH3 is 2. The van der Waals surface area contributed by atoms with Crippen LogP contribution in [-0.4, -0.2) is 35.1 Å². The predicted octanol–water partition coefficient (Wildman–Crippen LogP) is 4.68. The van der Waals surface area contributed by atoms with Crippen molar-refractivity contribution in [2.24, 2.45) is 4.99 Å². The average Bonchev–Trinajstić information content (AvgIpc) is 3.22. The van der Waals surface area contributed by atoms with Crippen molar-refractivity contribution in [1.82, 2.24) is 15.0 Å². The highest BCUT2D eigenvalue weighted by Crippen LogP contribution is 2.33. The first-order chi connectivity index (χ1) is 14.7. The third-order valence-corrected chi connectivity index (χ3v) is 4.99. The van der Waals surface area contributed by atoms with E-state index in [1.165, 1.54) is 0 Å². The number of pyridine rings is 1. The second-order valence-electron chi connectivity index (χ2n) is 6.88. The van der Waals surface area contributed by atoms with Crippen molar-refractivity contribution < 1.29 is 9.47 Å². The van der Waals surface area contributed by atoms with Gasteiger partial charge in [0.05, 0.1) is 31.8 Å². The maximum atomic E-state index is 5.40. The van der Waals surface area contributed by atoms with Crippen LogP contribution >= 0.6 is 0 Å². The van der Waals surface area contributed by atoms with Crippen LogP contribution < -0.4 is 10.1 Å². The van der Waals surface area contributed by atoms with Gasteiger partial charge in [-0.05, 0) is 48.0 Å². The van der Waals surface area contributed by atoms with Gasteiger partial charge in [-0.2, -0.15) is 0 Å². The van der Waals surface area contributed by atoms with E-state index in [0.717, 1.165) is 45.1 Å². The van der Waals surface area contributed by atoms with Gasteiger partial charge in [-0.15, -0.1) is 0 Å². The lowest BCUT2D eigenvalue weighted by atomic mass is 10.1. The van der Waals surface area contributed by atoms with E-state index in [1.54, 1.807) is 26.6 Å². The molecule has 0 amide bonds. The summed E-state index contributed by atoms with van der Waals surface area (Å²) in [4.78, 5) is 18.2. The Morgan fingerprint density at radius 2 is 1.90 bits per heavy atom. The molecule has 4 aromatic rings. The lowest BCUT2D eigenvalue weighted by Crippen LogP contribution is -2.00. The molecule has 0 unspecified atom stereocenters. The molecule has 0 atom stereocenters. The predicted molar refractivity (Wildman–Crippen MR) is 117 cm³/mol. The first-order valence-electron chi connectivity index (χ1n) is 9.51. The number of anilines is 2. The number of hydrogen-bond donors (Lipinski definition) is 1. The summed E-state index contributed by atoms with van der Waals surface area (Å²) in [7, 11) is 3.29. The summed E-state index contributed by atoms with van der Waals surface area (Å²) < 4.78 is 10.7. The Morgan fingerprint density at radius 3 is 2.70 bits per heavy atom.